The summed E-state index contributed by atoms with van der Waals surface area (Å²) in [5.74, 6) is 0.625. The van der Waals surface area contributed by atoms with Crippen LogP contribution in [0.15, 0.2) is 28.8 Å². The van der Waals surface area contributed by atoms with Crippen molar-refractivity contribution >= 4 is 5.97 Å². The Labute approximate surface area is 185 Å². The second-order valence-corrected chi connectivity index (χ2v) is 8.12. The van der Waals surface area contributed by atoms with Crippen molar-refractivity contribution in [3.63, 3.8) is 0 Å². The number of aromatic nitrogens is 3. The first-order valence-corrected chi connectivity index (χ1v) is 10.5. The molecular formula is C23H22N6O3. The molecule has 2 aliphatic rings. The Kier molecular flexibility index (Phi) is 5.17. The van der Waals surface area contributed by atoms with Gasteiger partial charge in [0.25, 0.3) is 5.89 Å². The molecule has 162 valence electrons. The summed E-state index contributed by atoms with van der Waals surface area (Å²) in [6, 6.07) is 7.90. The number of nitriles is 1. The van der Waals surface area contributed by atoms with Crippen molar-refractivity contribution in [2.45, 2.75) is 33.0 Å². The van der Waals surface area contributed by atoms with Crippen LogP contribution >= 0.6 is 0 Å². The van der Waals surface area contributed by atoms with Crippen molar-refractivity contribution in [3.8, 4) is 17.7 Å². The molecule has 32 heavy (non-hydrogen) atoms. The van der Waals surface area contributed by atoms with Gasteiger partial charge in [0.05, 0.1) is 17.7 Å². The minimum Gasteiger partial charge on any atom is -0.457 e. The number of carbonyl (C=O) groups excluding carboxylic acids is 1. The maximum absolute atomic E-state index is 11.8. The molecular weight excluding hydrogens is 408 g/mol. The third-order valence-electron chi connectivity index (χ3n) is 6.12. The summed E-state index contributed by atoms with van der Waals surface area (Å²) in [4.78, 5) is 18.4. The van der Waals surface area contributed by atoms with Crippen LogP contribution in [0.25, 0.3) is 11.6 Å². The Morgan fingerprint density at radius 3 is 3.00 bits per heavy atom. The second kappa shape index (κ2) is 8.15. The van der Waals surface area contributed by atoms with Gasteiger partial charge in [0.15, 0.2) is 0 Å². The molecule has 0 amide bonds. The summed E-state index contributed by atoms with van der Waals surface area (Å²) in [5, 5.41) is 21.0. The molecule has 1 saturated heterocycles. The first kappa shape index (κ1) is 20.3. The Balaban J connectivity index is 1.30. The van der Waals surface area contributed by atoms with Crippen LogP contribution in [-0.4, -0.2) is 45.7 Å². The summed E-state index contributed by atoms with van der Waals surface area (Å²) < 4.78 is 11.0. The number of cyclic esters (lactones) is 1. The molecule has 9 nitrogen and oxygen atoms in total. The lowest BCUT2D eigenvalue weighted by molar-refractivity contribution is 0.0535. The quantitative estimate of drug-likeness (QED) is 0.623. The number of hydrogen-bond acceptors (Lipinski definition) is 9. The fraction of sp³-hybridized carbons (Fsp3) is 0.348. The van der Waals surface area contributed by atoms with E-state index < -0.39 is 0 Å². The normalized spacial score (nSPS) is 18.3. The SMILES string of the molecule is Cc1cc(-c2nnc(CN3CCNC(c4ccc5c(c4C)COC5=O)C3)o2)ncc1C#N. The van der Waals surface area contributed by atoms with Crippen LogP contribution in [0.1, 0.15) is 50.1 Å². The number of esters is 1. The maximum Gasteiger partial charge on any atom is 0.338 e. The third kappa shape index (κ3) is 3.64. The van der Waals surface area contributed by atoms with Crippen LogP contribution < -0.4 is 5.32 Å². The number of pyridine rings is 1. The van der Waals surface area contributed by atoms with Crippen LogP contribution in [-0.2, 0) is 17.9 Å². The molecule has 5 rings (SSSR count). The van der Waals surface area contributed by atoms with Gasteiger partial charge in [0.2, 0.25) is 5.89 Å². The first-order chi connectivity index (χ1) is 15.5. The lowest BCUT2D eigenvalue weighted by atomic mass is 9.93. The molecule has 0 spiro atoms. The van der Waals surface area contributed by atoms with Crippen molar-refractivity contribution in [3.05, 3.63) is 63.7 Å². The summed E-state index contributed by atoms with van der Waals surface area (Å²) in [5.41, 5.74) is 5.84. The van der Waals surface area contributed by atoms with Crippen LogP contribution in [0.3, 0.4) is 0 Å². The highest BCUT2D eigenvalue weighted by Gasteiger charge is 2.28. The van der Waals surface area contributed by atoms with E-state index in [1.807, 2.05) is 26.0 Å². The molecule has 4 heterocycles. The second-order valence-electron chi connectivity index (χ2n) is 8.12. The zero-order chi connectivity index (χ0) is 22.2. The predicted octanol–water partition coefficient (Wildman–Crippen LogP) is 2.44. The summed E-state index contributed by atoms with van der Waals surface area (Å²) in [6.07, 6.45) is 1.52. The highest BCUT2D eigenvalue weighted by Crippen LogP contribution is 2.30. The molecule has 0 bridgehead atoms. The maximum atomic E-state index is 11.8. The van der Waals surface area contributed by atoms with E-state index in [-0.39, 0.29) is 12.0 Å². The van der Waals surface area contributed by atoms with Gasteiger partial charge in [-0.25, -0.2) is 9.78 Å². The Morgan fingerprint density at radius 2 is 2.19 bits per heavy atom. The van der Waals surface area contributed by atoms with Crippen molar-refractivity contribution in [2.75, 3.05) is 19.6 Å². The molecule has 1 aromatic carbocycles. The summed E-state index contributed by atoms with van der Waals surface area (Å²) in [6.45, 7) is 7.24. The summed E-state index contributed by atoms with van der Waals surface area (Å²) in [7, 11) is 0. The lowest BCUT2D eigenvalue weighted by Gasteiger charge is -2.34. The van der Waals surface area contributed by atoms with Crippen molar-refractivity contribution in [1.82, 2.24) is 25.4 Å². The smallest absolute Gasteiger partial charge is 0.338 e. The third-order valence-corrected chi connectivity index (χ3v) is 6.12. The number of hydrogen-bond donors (Lipinski definition) is 1. The van der Waals surface area contributed by atoms with Gasteiger partial charge < -0.3 is 14.5 Å². The molecule has 9 heteroatoms. The standard InChI is InChI=1S/C23H22N6O3/c1-13-7-19(26-9-15(13)8-24)22-28-27-21(32-22)11-29-6-5-25-20(10-29)16-3-4-17-18(14(16)2)12-31-23(17)30/h3-4,7,9,20,25H,5-6,10-12H2,1-2H3. The average molecular weight is 430 g/mol. The van der Waals surface area contributed by atoms with Crippen molar-refractivity contribution in [1.29, 1.82) is 5.26 Å². The Morgan fingerprint density at radius 1 is 1.31 bits per heavy atom. The van der Waals surface area contributed by atoms with Gasteiger partial charge in [0.1, 0.15) is 18.4 Å². The zero-order valence-electron chi connectivity index (χ0n) is 17.9. The van der Waals surface area contributed by atoms with Gasteiger partial charge in [-0.15, -0.1) is 10.2 Å². The van der Waals surface area contributed by atoms with Crippen molar-refractivity contribution < 1.29 is 13.9 Å². The predicted molar refractivity (Wildman–Crippen MR) is 113 cm³/mol. The monoisotopic (exact) mass is 430 g/mol. The molecule has 0 saturated carbocycles. The van der Waals surface area contributed by atoms with Gasteiger partial charge in [-0.2, -0.15) is 5.26 Å². The van der Waals surface area contributed by atoms with Gasteiger partial charge in [-0.3, -0.25) is 4.90 Å². The van der Waals surface area contributed by atoms with E-state index in [9.17, 15) is 4.79 Å². The van der Waals surface area contributed by atoms with E-state index in [0.29, 0.717) is 41.8 Å². The number of ether oxygens (including phenoxy) is 1. The van der Waals surface area contributed by atoms with Gasteiger partial charge >= 0.3 is 5.97 Å². The molecule has 2 aliphatic heterocycles. The molecule has 0 radical (unpaired) electrons. The number of aryl methyl sites for hydroxylation is 1. The first-order valence-electron chi connectivity index (χ1n) is 10.5. The van der Waals surface area contributed by atoms with E-state index in [4.69, 9.17) is 14.4 Å². The molecule has 1 N–H and O–H groups in total. The van der Waals surface area contributed by atoms with E-state index in [2.05, 4.69) is 31.5 Å². The molecule has 0 aliphatic carbocycles. The van der Waals surface area contributed by atoms with E-state index in [1.165, 1.54) is 11.8 Å². The minimum absolute atomic E-state index is 0.134. The number of benzene rings is 1. The summed E-state index contributed by atoms with van der Waals surface area (Å²) >= 11 is 0. The highest BCUT2D eigenvalue weighted by atomic mass is 16.5. The number of carbonyl (C=O) groups is 1. The van der Waals surface area contributed by atoms with Crippen LogP contribution in [0.2, 0.25) is 0 Å². The van der Waals surface area contributed by atoms with Gasteiger partial charge in [-0.05, 0) is 42.7 Å². The largest absolute Gasteiger partial charge is 0.457 e. The minimum atomic E-state index is -0.243. The number of rotatable bonds is 4. The highest BCUT2D eigenvalue weighted by molar-refractivity contribution is 5.94. The van der Waals surface area contributed by atoms with Crippen LogP contribution in [0.4, 0.5) is 0 Å². The number of piperazine rings is 1. The topological polar surface area (TPSA) is 117 Å². The number of nitrogens with zero attached hydrogens (tertiary/aromatic N) is 5. The van der Waals surface area contributed by atoms with E-state index in [0.717, 1.165) is 36.3 Å². The van der Waals surface area contributed by atoms with Gasteiger partial charge in [0, 0.05) is 37.4 Å². The van der Waals surface area contributed by atoms with Gasteiger partial charge in [-0.1, -0.05) is 6.07 Å². The van der Waals surface area contributed by atoms with E-state index in [1.54, 1.807) is 6.07 Å². The van der Waals surface area contributed by atoms with Crippen LogP contribution in [0.5, 0.6) is 0 Å². The number of fused-ring (bicyclic) bond motifs is 1. The molecule has 3 aromatic rings. The molecule has 1 fully saturated rings. The Hall–Kier alpha value is -3.61. The van der Waals surface area contributed by atoms with E-state index >= 15 is 0 Å². The fourth-order valence-corrected chi connectivity index (χ4v) is 4.31. The molecule has 1 atom stereocenters. The van der Waals surface area contributed by atoms with Crippen LogP contribution in [0, 0.1) is 25.2 Å². The lowest BCUT2D eigenvalue weighted by Crippen LogP contribution is -2.45. The molecule has 1 unspecified atom stereocenters. The fourth-order valence-electron chi connectivity index (χ4n) is 4.31. The average Bonchev–Trinajstić information content (AvgIpc) is 3.41. The number of nitrogens with one attached hydrogen (secondary N) is 1. The zero-order valence-corrected chi connectivity index (χ0v) is 17.9. The van der Waals surface area contributed by atoms with Crippen molar-refractivity contribution in [2.24, 2.45) is 0 Å². The Bertz CT molecular complexity index is 1250. The molecule has 2 aromatic heterocycles.